The Morgan fingerprint density at radius 2 is 1.64 bits per heavy atom. The molecule has 0 saturated heterocycles. The van der Waals surface area contributed by atoms with E-state index in [1.807, 2.05) is 0 Å². The summed E-state index contributed by atoms with van der Waals surface area (Å²) in [6, 6.07) is 13.2. The van der Waals surface area contributed by atoms with Crippen LogP contribution in [-0.2, 0) is 12.7 Å². The van der Waals surface area contributed by atoms with Gasteiger partial charge in [-0.25, -0.2) is 0 Å². The summed E-state index contributed by atoms with van der Waals surface area (Å²) in [4.78, 5) is 14.4. The number of rotatable bonds is 9. The first-order chi connectivity index (χ1) is 15.8. The first kappa shape index (κ1) is 25.2. The summed E-state index contributed by atoms with van der Waals surface area (Å²) in [7, 11) is 1.74. The fraction of sp³-hybridized carbons (Fsp3) is 0.500. The molecule has 0 radical (unpaired) electrons. The van der Waals surface area contributed by atoms with Crippen LogP contribution in [0.1, 0.15) is 71.5 Å². The second-order valence-corrected chi connectivity index (χ2v) is 8.85. The van der Waals surface area contributed by atoms with Crippen LogP contribution in [-0.4, -0.2) is 42.2 Å². The maximum absolute atomic E-state index is 12.8. The number of unbranched alkanes of at least 4 members (excludes halogenated alkanes) is 1. The number of aliphatic hydroxyl groups excluding tert-OH is 1. The van der Waals surface area contributed by atoms with Crippen LogP contribution in [0.4, 0.5) is 13.2 Å². The van der Waals surface area contributed by atoms with Crippen LogP contribution in [0, 0.1) is 0 Å². The third-order valence-corrected chi connectivity index (χ3v) is 6.57. The number of amides is 1. The number of nitrogens with zero attached hydrogens (tertiary/aromatic N) is 1. The van der Waals surface area contributed by atoms with E-state index in [0.29, 0.717) is 5.92 Å². The normalized spacial score (nSPS) is 18.8. The number of aliphatic hydroxyl groups is 1. The van der Waals surface area contributed by atoms with Crippen molar-refractivity contribution in [1.29, 1.82) is 0 Å². The molecule has 3 rings (SSSR count). The van der Waals surface area contributed by atoms with Gasteiger partial charge < -0.3 is 15.3 Å². The zero-order chi connectivity index (χ0) is 23.8. The fourth-order valence-electron chi connectivity index (χ4n) is 4.47. The molecule has 7 heteroatoms. The summed E-state index contributed by atoms with van der Waals surface area (Å²) < 4.78 is 38.3. The summed E-state index contributed by atoms with van der Waals surface area (Å²) in [5, 5.41) is 12.2. The van der Waals surface area contributed by atoms with Gasteiger partial charge in [0.05, 0.1) is 5.56 Å². The van der Waals surface area contributed by atoms with Crippen molar-refractivity contribution in [2.24, 2.45) is 0 Å². The van der Waals surface area contributed by atoms with E-state index in [0.717, 1.165) is 63.7 Å². The Hall–Kier alpha value is -2.38. The van der Waals surface area contributed by atoms with Crippen molar-refractivity contribution in [2.75, 3.05) is 20.2 Å². The largest absolute Gasteiger partial charge is 0.416 e. The maximum Gasteiger partial charge on any atom is 0.416 e. The molecule has 2 aromatic carbocycles. The number of carbonyl (C=O) groups is 1. The topological polar surface area (TPSA) is 52.6 Å². The summed E-state index contributed by atoms with van der Waals surface area (Å²) in [6.45, 7) is 1.94. The standard InChI is InChI=1S/C26H33F3N2O2/c1-31(25(33)22-8-12-23(13-9-22)26(27,28)29)24-14-10-21(11-15-24)20-6-4-19(5-7-20)18-30-16-2-3-17-32/h4-9,12-13,21,24,30,32H,2-3,10-11,14-18H2,1H3. The SMILES string of the molecule is CN(C(=O)c1ccc(C(F)(F)F)cc1)C1CCC(c2ccc(CNCCCCO)cc2)CC1. The Labute approximate surface area is 193 Å². The van der Waals surface area contributed by atoms with Crippen molar-refractivity contribution in [3.05, 3.63) is 70.8 Å². The van der Waals surface area contributed by atoms with Crippen LogP contribution in [0.15, 0.2) is 48.5 Å². The van der Waals surface area contributed by atoms with Crippen LogP contribution >= 0.6 is 0 Å². The number of nitrogens with one attached hydrogen (secondary N) is 1. The highest BCUT2D eigenvalue weighted by Gasteiger charge is 2.31. The van der Waals surface area contributed by atoms with Gasteiger partial charge >= 0.3 is 6.18 Å². The van der Waals surface area contributed by atoms with Crippen molar-refractivity contribution >= 4 is 5.91 Å². The Morgan fingerprint density at radius 1 is 1.00 bits per heavy atom. The molecular formula is C26H33F3N2O2. The highest BCUT2D eigenvalue weighted by atomic mass is 19.4. The number of alkyl halides is 3. The Morgan fingerprint density at radius 3 is 2.21 bits per heavy atom. The van der Waals surface area contributed by atoms with Crippen molar-refractivity contribution < 1.29 is 23.1 Å². The summed E-state index contributed by atoms with van der Waals surface area (Å²) in [6.07, 6.45) is 1.10. The van der Waals surface area contributed by atoms with E-state index in [4.69, 9.17) is 5.11 Å². The molecule has 0 bridgehead atoms. The molecular weight excluding hydrogens is 429 g/mol. The number of hydrogen-bond acceptors (Lipinski definition) is 3. The summed E-state index contributed by atoms with van der Waals surface area (Å²) in [5.41, 5.74) is 2.09. The zero-order valence-electron chi connectivity index (χ0n) is 19.1. The van der Waals surface area contributed by atoms with E-state index in [9.17, 15) is 18.0 Å². The van der Waals surface area contributed by atoms with Gasteiger partial charge in [0, 0.05) is 31.8 Å². The molecule has 2 N–H and O–H groups in total. The molecule has 2 aromatic rings. The molecule has 1 fully saturated rings. The van der Waals surface area contributed by atoms with E-state index >= 15 is 0 Å². The van der Waals surface area contributed by atoms with E-state index in [2.05, 4.69) is 29.6 Å². The van der Waals surface area contributed by atoms with Crippen molar-refractivity contribution in [2.45, 2.75) is 63.2 Å². The van der Waals surface area contributed by atoms with Gasteiger partial charge in [0.15, 0.2) is 0 Å². The van der Waals surface area contributed by atoms with Gasteiger partial charge in [-0.05, 0) is 86.4 Å². The molecule has 1 saturated carbocycles. The lowest BCUT2D eigenvalue weighted by molar-refractivity contribution is -0.137. The second kappa shape index (κ2) is 11.7. The van der Waals surface area contributed by atoms with Gasteiger partial charge in [0.2, 0.25) is 0 Å². The monoisotopic (exact) mass is 462 g/mol. The quantitative estimate of drug-likeness (QED) is 0.493. The van der Waals surface area contributed by atoms with Crippen LogP contribution in [0.5, 0.6) is 0 Å². The molecule has 0 spiro atoms. The van der Waals surface area contributed by atoms with E-state index in [1.54, 1.807) is 11.9 Å². The van der Waals surface area contributed by atoms with Gasteiger partial charge in [-0.15, -0.1) is 0 Å². The molecule has 1 aliphatic carbocycles. The predicted molar refractivity (Wildman–Crippen MR) is 123 cm³/mol. The number of benzene rings is 2. The number of halogens is 3. The Balaban J connectivity index is 1.48. The Bertz CT molecular complexity index is 874. The summed E-state index contributed by atoms with van der Waals surface area (Å²) in [5.74, 6) is 0.227. The van der Waals surface area contributed by atoms with Gasteiger partial charge in [-0.2, -0.15) is 13.2 Å². The molecule has 180 valence electrons. The molecule has 0 aliphatic heterocycles. The zero-order valence-corrected chi connectivity index (χ0v) is 19.1. The lowest BCUT2D eigenvalue weighted by atomic mass is 9.81. The van der Waals surface area contributed by atoms with E-state index < -0.39 is 11.7 Å². The fourth-order valence-corrected chi connectivity index (χ4v) is 4.47. The second-order valence-electron chi connectivity index (χ2n) is 8.85. The smallest absolute Gasteiger partial charge is 0.396 e. The minimum Gasteiger partial charge on any atom is -0.396 e. The van der Waals surface area contributed by atoms with Crippen LogP contribution in [0.2, 0.25) is 0 Å². The van der Waals surface area contributed by atoms with Crippen molar-refractivity contribution in [1.82, 2.24) is 10.2 Å². The van der Waals surface area contributed by atoms with Gasteiger partial charge in [0.1, 0.15) is 0 Å². The van der Waals surface area contributed by atoms with Crippen molar-refractivity contribution in [3.63, 3.8) is 0 Å². The molecule has 0 unspecified atom stereocenters. The molecule has 4 nitrogen and oxygen atoms in total. The molecule has 0 atom stereocenters. The van der Waals surface area contributed by atoms with Crippen molar-refractivity contribution in [3.8, 4) is 0 Å². The van der Waals surface area contributed by atoms with Gasteiger partial charge in [0.25, 0.3) is 5.91 Å². The maximum atomic E-state index is 12.8. The third kappa shape index (κ3) is 7.05. The lowest BCUT2D eigenvalue weighted by Gasteiger charge is -2.35. The van der Waals surface area contributed by atoms with E-state index in [1.165, 1.54) is 23.3 Å². The van der Waals surface area contributed by atoms with Crippen LogP contribution in [0.25, 0.3) is 0 Å². The number of hydrogen-bond donors (Lipinski definition) is 2. The van der Waals surface area contributed by atoms with Crippen LogP contribution < -0.4 is 5.32 Å². The average Bonchev–Trinajstić information content (AvgIpc) is 2.83. The minimum absolute atomic E-state index is 0.0958. The molecule has 33 heavy (non-hydrogen) atoms. The molecule has 0 aromatic heterocycles. The van der Waals surface area contributed by atoms with E-state index in [-0.39, 0.29) is 24.1 Å². The number of carbonyl (C=O) groups excluding carboxylic acids is 1. The minimum atomic E-state index is -4.40. The first-order valence-corrected chi connectivity index (χ1v) is 11.6. The molecule has 0 heterocycles. The Kier molecular flexibility index (Phi) is 8.92. The van der Waals surface area contributed by atoms with Gasteiger partial charge in [-0.1, -0.05) is 24.3 Å². The summed E-state index contributed by atoms with van der Waals surface area (Å²) >= 11 is 0. The molecule has 1 amide bonds. The van der Waals surface area contributed by atoms with Gasteiger partial charge in [-0.3, -0.25) is 4.79 Å². The average molecular weight is 463 g/mol. The highest BCUT2D eigenvalue weighted by molar-refractivity contribution is 5.94. The lowest BCUT2D eigenvalue weighted by Crippen LogP contribution is -2.39. The molecule has 1 aliphatic rings. The predicted octanol–water partition coefficient (Wildman–Crippen LogP) is 5.37. The first-order valence-electron chi connectivity index (χ1n) is 11.6. The third-order valence-electron chi connectivity index (χ3n) is 6.57. The highest BCUT2D eigenvalue weighted by Crippen LogP contribution is 2.35. The van der Waals surface area contributed by atoms with Crippen LogP contribution in [0.3, 0.4) is 0 Å².